The number of nitrogens with zero attached hydrogens (tertiary/aromatic N) is 1. The van der Waals surface area contributed by atoms with Gasteiger partial charge in [0.05, 0.1) is 22.4 Å². The molecule has 1 N–H and O–H groups in total. The van der Waals surface area contributed by atoms with Crippen LogP contribution in [0.25, 0.3) is 0 Å². The van der Waals surface area contributed by atoms with Crippen LogP contribution in [0.4, 0.5) is 5.69 Å². The van der Waals surface area contributed by atoms with Crippen LogP contribution in [0.15, 0.2) is 83.8 Å². The van der Waals surface area contributed by atoms with Crippen LogP contribution in [-0.2, 0) is 32.2 Å². The van der Waals surface area contributed by atoms with Gasteiger partial charge in [0.15, 0.2) is 0 Å². The second kappa shape index (κ2) is 8.45. The van der Waals surface area contributed by atoms with Crippen molar-refractivity contribution < 1.29 is 16.8 Å². The molecule has 3 aromatic carbocycles. The Balaban J connectivity index is 1.60. The summed E-state index contributed by atoms with van der Waals surface area (Å²) in [6, 6.07) is 22.3. The van der Waals surface area contributed by atoms with Crippen LogP contribution >= 0.6 is 0 Å². The van der Waals surface area contributed by atoms with Gasteiger partial charge in [-0.1, -0.05) is 66.2 Å². The third-order valence-corrected chi connectivity index (χ3v) is 8.58. The lowest BCUT2D eigenvalue weighted by Crippen LogP contribution is -2.45. The largest absolute Gasteiger partial charge is 0.265 e. The van der Waals surface area contributed by atoms with Crippen LogP contribution < -0.4 is 9.03 Å². The first-order valence-corrected chi connectivity index (χ1v) is 13.1. The topological polar surface area (TPSA) is 83.6 Å². The molecule has 0 fully saturated rings. The number of anilines is 1. The lowest BCUT2D eigenvalue weighted by molar-refractivity contribution is 0.558. The molecule has 162 valence electrons. The SMILES string of the molecule is Cc1ccc(S(=O)(=O)NC[C@@H]2Cc3ccccc3N2S(=O)(=O)Cc2ccccc2)cc1. The van der Waals surface area contributed by atoms with Gasteiger partial charge in [-0.15, -0.1) is 0 Å². The highest BCUT2D eigenvalue weighted by atomic mass is 32.2. The number of benzene rings is 3. The normalized spacial score (nSPS) is 16.3. The van der Waals surface area contributed by atoms with E-state index >= 15 is 0 Å². The summed E-state index contributed by atoms with van der Waals surface area (Å²) in [6.45, 7) is 1.87. The Labute approximate surface area is 183 Å². The molecule has 0 saturated heterocycles. The quantitative estimate of drug-likeness (QED) is 0.592. The van der Waals surface area contributed by atoms with Gasteiger partial charge in [-0.05, 0) is 42.7 Å². The molecule has 1 aliphatic heterocycles. The smallest absolute Gasteiger partial charge is 0.240 e. The number of hydrogen-bond acceptors (Lipinski definition) is 4. The maximum absolute atomic E-state index is 13.4. The van der Waals surface area contributed by atoms with Gasteiger partial charge < -0.3 is 0 Å². The Morgan fingerprint density at radius 2 is 1.52 bits per heavy atom. The maximum atomic E-state index is 13.4. The van der Waals surface area contributed by atoms with Crippen molar-refractivity contribution in [3.63, 3.8) is 0 Å². The molecule has 1 atom stereocenters. The zero-order chi connectivity index (χ0) is 22.1. The Morgan fingerprint density at radius 3 is 2.23 bits per heavy atom. The number of aryl methyl sites for hydroxylation is 1. The van der Waals surface area contributed by atoms with Crippen molar-refractivity contribution in [1.82, 2.24) is 4.72 Å². The average Bonchev–Trinajstić information content (AvgIpc) is 3.13. The van der Waals surface area contributed by atoms with E-state index in [1.54, 1.807) is 60.7 Å². The van der Waals surface area contributed by atoms with E-state index in [0.29, 0.717) is 17.7 Å². The summed E-state index contributed by atoms with van der Waals surface area (Å²) in [5.41, 5.74) is 3.14. The molecular weight excluding hydrogens is 432 g/mol. The van der Waals surface area contributed by atoms with Crippen molar-refractivity contribution in [3.8, 4) is 0 Å². The molecule has 0 radical (unpaired) electrons. The van der Waals surface area contributed by atoms with E-state index in [1.807, 2.05) is 25.1 Å². The van der Waals surface area contributed by atoms with Crippen molar-refractivity contribution in [2.75, 3.05) is 10.8 Å². The average molecular weight is 457 g/mol. The van der Waals surface area contributed by atoms with Gasteiger partial charge in [0, 0.05) is 6.54 Å². The Bertz CT molecular complexity index is 1270. The summed E-state index contributed by atoms with van der Waals surface area (Å²) in [4.78, 5) is 0.160. The summed E-state index contributed by atoms with van der Waals surface area (Å²) < 4.78 is 56.2. The van der Waals surface area contributed by atoms with Gasteiger partial charge in [-0.2, -0.15) is 0 Å². The van der Waals surface area contributed by atoms with Crippen molar-refractivity contribution >= 4 is 25.7 Å². The predicted molar refractivity (Wildman–Crippen MR) is 122 cm³/mol. The molecule has 0 aromatic heterocycles. The molecule has 1 aliphatic rings. The van der Waals surface area contributed by atoms with Crippen LogP contribution in [0.5, 0.6) is 0 Å². The van der Waals surface area contributed by atoms with Gasteiger partial charge in [-0.25, -0.2) is 21.6 Å². The lowest BCUT2D eigenvalue weighted by atomic mass is 10.1. The van der Waals surface area contributed by atoms with Gasteiger partial charge in [0.1, 0.15) is 0 Å². The number of rotatable bonds is 7. The minimum absolute atomic E-state index is 0.0150. The van der Waals surface area contributed by atoms with E-state index in [9.17, 15) is 16.8 Å². The Kier molecular flexibility index (Phi) is 5.88. The highest BCUT2D eigenvalue weighted by molar-refractivity contribution is 7.92. The third-order valence-electron chi connectivity index (χ3n) is 5.35. The van der Waals surface area contributed by atoms with E-state index in [1.165, 1.54) is 4.31 Å². The van der Waals surface area contributed by atoms with Crippen molar-refractivity contribution in [2.45, 2.75) is 30.0 Å². The summed E-state index contributed by atoms with van der Waals surface area (Å²) in [7, 11) is -7.47. The molecular formula is C23H24N2O4S2. The highest BCUT2D eigenvalue weighted by Crippen LogP contribution is 2.35. The molecule has 1 heterocycles. The number of hydrogen-bond donors (Lipinski definition) is 1. The molecule has 6 nitrogen and oxygen atoms in total. The summed E-state index contributed by atoms with van der Waals surface area (Å²) in [6.07, 6.45) is 0.445. The standard InChI is InChI=1S/C23H24N2O4S2/c1-18-11-13-22(14-12-18)31(28,29)24-16-21-15-20-9-5-6-10-23(20)25(21)30(26,27)17-19-7-3-2-4-8-19/h2-14,21,24H,15-17H2,1H3/t21-/m0/s1. The monoisotopic (exact) mass is 456 g/mol. The lowest BCUT2D eigenvalue weighted by Gasteiger charge is -2.27. The molecule has 0 bridgehead atoms. The fourth-order valence-electron chi connectivity index (χ4n) is 3.83. The zero-order valence-electron chi connectivity index (χ0n) is 17.1. The van der Waals surface area contributed by atoms with Crippen LogP contribution in [0.1, 0.15) is 16.7 Å². The molecule has 31 heavy (non-hydrogen) atoms. The van der Waals surface area contributed by atoms with E-state index in [2.05, 4.69) is 4.72 Å². The van der Waals surface area contributed by atoms with E-state index < -0.39 is 26.1 Å². The van der Waals surface area contributed by atoms with Crippen molar-refractivity contribution in [2.24, 2.45) is 0 Å². The third kappa shape index (κ3) is 4.66. The van der Waals surface area contributed by atoms with Crippen molar-refractivity contribution in [1.29, 1.82) is 0 Å². The minimum atomic E-state index is -3.75. The number of sulfonamides is 2. The number of para-hydroxylation sites is 1. The molecule has 0 saturated carbocycles. The molecule has 0 aliphatic carbocycles. The second-order valence-corrected chi connectivity index (χ2v) is 11.3. The van der Waals surface area contributed by atoms with E-state index in [-0.39, 0.29) is 17.2 Å². The summed E-state index contributed by atoms with van der Waals surface area (Å²) >= 11 is 0. The van der Waals surface area contributed by atoms with Crippen molar-refractivity contribution in [3.05, 3.63) is 95.6 Å². The molecule has 3 aromatic rings. The minimum Gasteiger partial charge on any atom is -0.265 e. The van der Waals surface area contributed by atoms with Crippen LogP contribution in [0.3, 0.4) is 0 Å². The zero-order valence-corrected chi connectivity index (χ0v) is 18.7. The molecule has 8 heteroatoms. The molecule has 0 amide bonds. The van der Waals surface area contributed by atoms with Gasteiger partial charge in [-0.3, -0.25) is 4.31 Å². The predicted octanol–water partition coefficient (Wildman–Crippen LogP) is 3.23. The van der Waals surface area contributed by atoms with E-state index in [0.717, 1.165) is 11.1 Å². The molecule has 0 spiro atoms. The van der Waals surface area contributed by atoms with Gasteiger partial charge in [0.2, 0.25) is 20.0 Å². The van der Waals surface area contributed by atoms with Crippen LogP contribution in [-0.4, -0.2) is 29.4 Å². The summed E-state index contributed by atoms with van der Waals surface area (Å²) in [5, 5.41) is 0. The molecule has 4 rings (SSSR count). The van der Waals surface area contributed by atoms with Gasteiger partial charge in [0.25, 0.3) is 0 Å². The number of nitrogens with one attached hydrogen (secondary N) is 1. The molecule has 0 unspecified atom stereocenters. The second-order valence-electron chi connectivity index (χ2n) is 7.69. The van der Waals surface area contributed by atoms with E-state index in [4.69, 9.17) is 0 Å². The Hall–Kier alpha value is -2.68. The number of fused-ring (bicyclic) bond motifs is 1. The summed E-state index contributed by atoms with van der Waals surface area (Å²) in [5.74, 6) is -0.149. The maximum Gasteiger partial charge on any atom is 0.240 e. The Morgan fingerprint density at radius 1 is 0.871 bits per heavy atom. The first-order chi connectivity index (χ1) is 14.8. The first kappa shape index (κ1) is 21.5. The fraction of sp³-hybridized carbons (Fsp3) is 0.217. The first-order valence-electron chi connectivity index (χ1n) is 9.96. The highest BCUT2D eigenvalue weighted by Gasteiger charge is 2.37. The van der Waals surface area contributed by atoms with Crippen LogP contribution in [0.2, 0.25) is 0 Å². The van der Waals surface area contributed by atoms with Crippen LogP contribution in [0, 0.1) is 6.92 Å². The van der Waals surface area contributed by atoms with Gasteiger partial charge >= 0.3 is 0 Å². The fourth-order valence-corrected chi connectivity index (χ4v) is 6.73.